The molecule has 0 aliphatic heterocycles. The normalized spacial score (nSPS) is 11.4. The SMILES string of the molecule is N#Cc1c(C(F)(F)F)cc(-c2cc(-c3cccnc3)cs2)n(Cc2ccc(F)cc2F)c1=O. The summed E-state index contributed by atoms with van der Waals surface area (Å²) in [6, 6.07) is 9.76. The predicted molar refractivity (Wildman–Crippen MR) is 112 cm³/mol. The van der Waals surface area contributed by atoms with Crippen molar-refractivity contribution >= 4 is 11.3 Å². The zero-order valence-electron chi connectivity index (χ0n) is 16.5. The highest BCUT2D eigenvalue weighted by Crippen LogP contribution is 2.37. The number of alkyl halides is 3. The topological polar surface area (TPSA) is 58.7 Å². The molecule has 33 heavy (non-hydrogen) atoms. The molecule has 4 aromatic rings. The lowest BCUT2D eigenvalue weighted by Gasteiger charge is -2.17. The first-order valence-electron chi connectivity index (χ1n) is 9.37. The minimum absolute atomic E-state index is 0.118. The van der Waals surface area contributed by atoms with Crippen molar-refractivity contribution in [3.05, 3.63) is 98.9 Å². The maximum Gasteiger partial charge on any atom is 0.417 e. The van der Waals surface area contributed by atoms with E-state index in [1.165, 1.54) is 6.07 Å². The zero-order valence-corrected chi connectivity index (χ0v) is 17.3. The van der Waals surface area contributed by atoms with Crippen molar-refractivity contribution in [1.29, 1.82) is 5.26 Å². The summed E-state index contributed by atoms with van der Waals surface area (Å²) in [5, 5.41) is 11.0. The van der Waals surface area contributed by atoms with E-state index in [2.05, 4.69) is 4.98 Å². The van der Waals surface area contributed by atoms with Crippen LogP contribution in [0.25, 0.3) is 21.7 Å². The van der Waals surface area contributed by atoms with Gasteiger partial charge in [-0.15, -0.1) is 11.3 Å². The first-order chi connectivity index (χ1) is 15.7. The van der Waals surface area contributed by atoms with Crippen LogP contribution in [0, 0.1) is 23.0 Å². The molecule has 0 aliphatic carbocycles. The summed E-state index contributed by atoms with van der Waals surface area (Å²) in [5.74, 6) is -1.80. The monoisotopic (exact) mass is 473 g/mol. The minimum Gasteiger partial charge on any atom is -0.302 e. The molecule has 0 amide bonds. The van der Waals surface area contributed by atoms with Gasteiger partial charge in [0.1, 0.15) is 23.3 Å². The summed E-state index contributed by atoms with van der Waals surface area (Å²) in [5.41, 5.74) is -2.59. The van der Waals surface area contributed by atoms with Crippen molar-refractivity contribution in [3.8, 4) is 27.8 Å². The van der Waals surface area contributed by atoms with Gasteiger partial charge < -0.3 is 4.57 Å². The van der Waals surface area contributed by atoms with Crippen LogP contribution in [0.1, 0.15) is 16.7 Å². The van der Waals surface area contributed by atoms with Gasteiger partial charge >= 0.3 is 6.18 Å². The second-order valence-electron chi connectivity index (χ2n) is 7.00. The number of pyridine rings is 2. The van der Waals surface area contributed by atoms with Gasteiger partial charge in [-0.25, -0.2) is 8.78 Å². The van der Waals surface area contributed by atoms with Gasteiger partial charge in [0.25, 0.3) is 5.56 Å². The largest absolute Gasteiger partial charge is 0.417 e. The molecule has 4 nitrogen and oxygen atoms in total. The van der Waals surface area contributed by atoms with Crippen molar-refractivity contribution in [2.24, 2.45) is 0 Å². The molecule has 3 heterocycles. The first kappa shape index (κ1) is 22.4. The molecule has 166 valence electrons. The number of thiophene rings is 1. The number of hydrogen-bond donors (Lipinski definition) is 0. The van der Waals surface area contributed by atoms with Crippen LogP contribution in [-0.4, -0.2) is 9.55 Å². The molecule has 0 atom stereocenters. The Bertz CT molecular complexity index is 1440. The third kappa shape index (κ3) is 4.40. The van der Waals surface area contributed by atoms with Crippen LogP contribution in [-0.2, 0) is 12.7 Å². The average Bonchev–Trinajstić information content (AvgIpc) is 3.26. The molecular formula is C23H12F5N3OS. The van der Waals surface area contributed by atoms with E-state index < -0.39 is 41.0 Å². The molecule has 0 saturated carbocycles. The van der Waals surface area contributed by atoms with E-state index in [1.54, 1.807) is 36.0 Å². The van der Waals surface area contributed by atoms with E-state index in [4.69, 9.17) is 0 Å². The molecule has 0 unspecified atom stereocenters. The van der Waals surface area contributed by atoms with Crippen LogP contribution in [0.4, 0.5) is 22.0 Å². The Hall–Kier alpha value is -3.84. The molecule has 0 fully saturated rings. The Kier molecular flexibility index (Phi) is 5.82. The summed E-state index contributed by atoms with van der Waals surface area (Å²) in [6.45, 7) is -0.493. The van der Waals surface area contributed by atoms with Gasteiger partial charge in [-0.1, -0.05) is 12.1 Å². The van der Waals surface area contributed by atoms with E-state index in [0.29, 0.717) is 28.1 Å². The zero-order chi connectivity index (χ0) is 23.8. The fourth-order valence-electron chi connectivity index (χ4n) is 3.31. The lowest BCUT2D eigenvalue weighted by Crippen LogP contribution is -2.28. The Balaban J connectivity index is 1.94. The fraction of sp³-hybridized carbons (Fsp3) is 0.0870. The lowest BCUT2D eigenvalue weighted by molar-refractivity contribution is -0.137. The van der Waals surface area contributed by atoms with Gasteiger partial charge in [-0.2, -0.15) is 18.4 Å². The third-order valence-corrected chi connectivity index (χ3v) is 5.86. The average molecular weight is 473 g/mol. The maximum atomic E-state index is 14.3. The number of halogens is 5. The molecule has 3 aromatic heterocycles. The summed E-state index contributed by atoms with van der Waals surface area (Å²) in [7, 11) is 0. The fourth-order valence-corrected chi connectivity index (χ4v) is 4.26. The second-order valence-corrected chi connectivity index (χ2v) is 7.91. The van der Waals surface area contributed by atoms with Gasteiger partial charge in [0.2, 0.25) is 0 Å². The standard InChI is InChI=1S/C23H12F5N3OS/c24-16-4-3-14(19(25)7-16)11-31-20(8-18(23(26,27)28)17(9-29)22(31)32)21-6-15(12-33-21)13-2-1-5-30-10-13/h1-8,10,12H,11H2. The van der Waals surface area contributed by atoms with E-state index in [1.807, 2.05) is 0 Å². The van der Waals surface area contributed by atoms with E-state index in [9.17, 15) is 32.0 Å². The highest BCUT2D eigenvalue weighted by molar-refractivity contribution is 7.14. The molecule has 0 aliphatic rings. The number of nitriles is 1. The Morgan fingerprint density at radius 1 is 1.09 bits per heavy atom. The van der Waals surface area contributed by atoms with Crippen LogP contribution < -0.4 is 5.56 Å². The van der Waals surface area contributed by atoms with Gasteiger partial charge in [0.05, 0.1) is 22.7 Å². The van der Waals surface area contributed by atoms with Crippen LogP contribution in [0.3, 0.4) is 0 Å². The first-order valence-corrected chi connectivity index (χ1v) is 10.3. The Morgan fingerprint density at radius 3 is 2.52 bits per heavy atom. The number of rotatable bonds is 4. The number of aromatic nitrogens is 2. The summed E-state index contributed by atoms with van der Waals surface area (Å²) in [4.78, 5) is 17.3. The predicted octanol–water partition coefficient (Wildman–Crippen LogP) is 5.86. The van der Waals surface area contributed by atoms with Gasteiger partial charge in [-0.05, 0) is 35.2 Å². The summed E-state index contributed by atoms with van der Waals surface area (Å²) >= 11 is 1.08. The highest BCUT2D eigenvalue weighted by atomic mass is 32.1. The summed E-state index contributed by atoms with van der Waals surface area (Å²) in [6.07, 6.45) is -1.81. The van der Waals surface area contributed by atoms with E-state index in [0.717, 1.165) is 28.0 Å². The smallest absolute Gasteiger partial charge is 0.302 e. The molecule has 1 aromatic carbocycles. The van der Waals surface area contributed by atoms with E-state index in [-0.39, 0.29) is 11.3 Å². The van der Waals surface area contributed by atoms with Crippen molar-refractivity contribution in [2.45, 2.75) is 12.7 Å². The molecule has 0 saturated heterocycles. The van der Waals surface area contributed by atoms with Crippen LogP contribution in [0.5, 0.6) is 0 Å². The van der Waals surface area contributed by atoms with Gasteiger partial charge in [0.15, 0.2) is 0 Å². The molecule has 0 N–H and O–H groups in total. The highest BCUT2D eigenvalue weighted by Gasteiger charge is 2.36. The van der Waals surface area contributed by atoms with Crippen molar-refractivity contribution < 1.29 is 22.0 Å². The number of benzene rings is 1. The van der Waals surface area contributed by atoms with Gasteiger partial charge in [0, 0.05) is 29.6 Å². The van der Waals surface area contributed by atoms with Crippen molar-refractivity contribution in [3.63, 3.8) is 0 Å². The molecule has 4 rings (SSSR count). The quantitative estimate of drug-likeness (QED) is 0.349. The van der Waals surface area contributed by atoms with Crippen molar-refractivity contribution in [2.75, 3.05) is 0 Å². The Morgan fingerprint density at radius 2 is 1.88 bits per heavy atom. The molecule has 0 radical (unpaired) electrons. The number of nitrogens with zero attached hydrogens (tertiary/aromatic N) is 3. The lowest BCUT2D eigenvalue weighted by atomic mass is 10.1. The van der Waals surface area contributed by atoms with Crippen LogP contribution in [0.15, 0.2) is 65.0 Å². The molecule has 10 heteroatoms. The molecule has 0 bridgehead atoms. The van der Waals surface area contributed by atoms with Crippen LogP contribution >= 0.6 is 11.3 Å². The molecule has 0 spiro atoms. The molecular weight excluding hydrogens is 461 g/mol. The number of hydrogen-bond acceptors (Lipinski definition) is 4. The Labute approximate surface area is 187 Å². The third-order valence-electron chi connectivity index (χ3n) is 4.91. The van der Waals surface area contributed by atoms with Crippen LogP contribution in [0.2, 0.25) is 0 Å². The maximum absolute atomic E-state index is 14.3. The van der Waals surface area contributed by atoms with Crippen molar-refractivity contribution in [1.82, 2.24) is 9.55 Å². The second kappa shape index (κ2) is 8.60. The summed E-state index contributed by atoms with van der Waals surface area (Å²) < 4.78 is 69.4. The van der Waals surface area contributed by atoms with Gasteiger partial charge in [-0.3, -0.25) is 9.78 Å². The van der Waals surface area contributed by atoms with E-state index >= 15 is 0 Å². The minimum atomic E-state index is -4.96.